The van der Waals surface area contributed by atoms with Crippen molar-refractivity contribution in [3.05, 3.63) is 34.4 Å². The lowest BCUT2D eigenvalue weighted by Gasteiger charge is -2.28. The molecule has 4 nitrogen and oxygen atoms in total. The Bertz CT molecular complexity index is 586. The average Bonchev–Trinajstić information content (AvgIpc) is 2.42. The van der Waals surface area contributed by atoms with Crippen LogP contribution in [0, 0.1) is 0 Å². The van der Waals surface area contributed by atoms with Gasteiger partial charge < -0.3 is 9.47 Å². The van der Waals surface area contributed by atoms with Gasteiger partial charge in [0.15, 0.2) is 0 Å². The summed E-state index contributed by atoms with van der Waals surface area (Å²) < 4.78 is 9.75. The lowest BCUT2D eigenvalue weighted by molar-refractivity contribution is 0.0553. The van der Waals surface area contributed by atoms with Gasteiger partial charge in [0, 0.05) is 0 Å². The molecule has 22 heavy (non-hydrogen) atoms. The number of ether oxygens (including phenoxy) is 2. The molecule has 0 fully saturated rings. The normalized spacial score (nSPS) is 12.0. The van der Waals surface area contributed by atoms with Crippen molar-refractivity contribution in [2.75, 3.05) is 14.2 Å². The summed E-state index contributed by atoms with van der Waals surface area (Å²) >= 11 is 0. The molecular weight excluding hydrogens is 280 g/mol. The predicted molar refractivity (Wildman–Crippen MR) is 86.5 cm³/mol. The third-order valence-corrected chi connectivity index (χ3v) is 3.61. The van der Waals surface area contributed by atoms with Crippen LogP contribution in [0.1, 0.15) is 73.4 Å². The van der Waals surface area contributed by atoms with Crippen LogP contribution in [0.2, 0.25) is 0 Å². The van der Waals surface area contributed by atoms with Crippen LogP contribution in [-0.4, -0.2) is 26.2 Å². The van der Waals surface area contributed by atoms with Gasteiger partial charge in [0.25, 0.3) is 0 Å². The molecular formula is C18H26O4. The van der Waals surface area contributed by atoms with E-state index in [0.29, 0.717) is 0 Å². The maximum absolute atomic E-state index is 12.3. The van der Waals surface area contributed by atoms with Crippen molar-refractivity contribution in [2.24, 2.45) is 0 Å². The Balaban J connectivity index is 3.85. The fraction of sp³-hybridized carbons (Fsp3) is 0.556. The fourth-order valence-corrected chi connectivity index (χ4v) is 2.26. The Kier molecular flexibility index (Phi) is 5.06. The summed E-state index contributed by atoms with van der Waals surface area (Å²) in [5.74, 6) is -1.05. The van der Waals surface area contributed by atoms with Gasteiger partial charge in [-0.1, -0.05) is 47.6 Å². The van der Waals surface area contributed by atoms with E-state index in [1.54, 1.807) is 6.07 Å². The Morgan fingerprint density at radius 2 is 1.32 bits per heavy atom. The van der Waals surface area contributed by atoms with Crippen LogP contribution < -0.4 is 0 Å². The third-order valence-electron chi connectivity index (χ3n) is 3.61. The highest BCUT2D eigenvalue weighted by molar-refractivity contribution is 6.04. The molecule has 0 amide bonds. The summed E-state index contributed by atoms with van der Waals surface area (Å²) in [5, 5.41) is 0. The smallest absolute Gasteiger partial charge is 0.339 e. The van der Waals surface area contributed by atoms with E-state index in [0.717, 1.165) is 11.1 Å². The molecule has 4 heteroatoms. The maximum Gasteiger partial charge on any atom is 0.339 e. The molecule has 0 unspecified atom stereocenters. The van der Waals surface area contributed by atoms with E-state index >= 15 is 0 Å². The monoisotopic (exact) mass is 306 g/mol. The zero-order valence-electron chi connectivity index (χ0n) is 14.8. The number of hydrogen-bond donors (Lipinski definition) is 0. The first-order valence-electron chi connectivity index (χ1n) is 7.29. The highest BCUT2D eigenvalue weighted by Crippen LogP contribution is 2.34. The molecule has 0 saturated carbocycles. The van der Waals surface area contributed by atoms with E-state index in [-0.39, 0.29) is 22.0 Å². The molecule has 0 heterocycles. The molecule has 0 aromatic heterocycles. The van der Waals surface area contributed by atoms with Gasteiger partial charge in [0.2, 0.25) is 0 Å². The Labute approximate surface area is 132 Å². The van der Waals surface area contributed by atoms with Crippen LogP contribution in [0.15, 0.2) is 12.1 Å². The topological polar surface area (TPSA) is 52.6 Å². The quantitative estimate of drug-likeness (QED) is 0.779. The van der Waals surface area contributed by atoms with Crippen LogP contribution in [0.3, 0.4) is 0 Å². The minimum absolute atomic E-state index is 0.155. The Morgan fingerprint density at radius 3 is 1.68 bits per heavy atom. The van der Waals surface area contributed by atoms with Gasteiger partial charge in [-0.15, -0.1) is 0 Å². The molecule has 1 rings (SSSR count). The van der Waals surface area contributed by atoms with E-state index in [1.807, 2.05) is 26.8 Å². The number of carbonyl (C=O) groups is 2. The van der Waals surface area contributed by atoms with Crippen molar-refractivity contribution in [1.29, 1.82) is 0 Å². The van der Waals surface area contributed by atoms with Crippen LogP contribution in [0.4, 0.5) is 0 Å². The van der Waals surface area contributed by atoms with E-state index in [9.17, 15) is 9.59 Å². The summed E-state index contributed by atoms with van der Waals surface area (Å²) in [6.07, 6.45) is 0. The van der Waals surface area contributed by atoms with E-state index in [4.69, 9.17) is 9.47 Å². The van der Waals surface area contributed by atoms with Gasteiger partial charge in [-0.05, 0) is 28.0 Å². The highest BCUT2D eigenvalue weighted by Gasteiger charge is 2.31. The molecule has 1 aromatic carbocycles. The second-order valence-corrected chi connectivity index (χ2v) is 7.43. The minimum atomic E-state index is -0.531. The molecule has 0 aliphatic heterocycles. The molecule has 0 aliphatic carbocycles. The van der Waals surface area contributed by atoms with Gasteiger partial charge in [-0.25, -0.2) is 9.59 Å². The van der Waals surface area contributed by atoms with Gasteiger partial charge in [-0.3, -0.25) is 0 Å². The number of esters is 2. The van der Waals surface area contributed by atoms with Gasteiger partial charge >= 0.3 is 11.9 Å². The van der Waals surface area contributed by atoms with Crippen LogP contribution >= 0.6 is 0 Å². The second-order valence-electron chi connectivity index (χ2n) is 7.43. The summed E-state index contributed by atoms with van der Waals surface area (Å²) in [4.78, 5) is 24.4. The molecule has 0 aliphatic rings. The van der Waals surface area contributed by atoms with Crippen molar-refractivity contribution in [1.82, 2.24) is 0 Å². The lowest BCUT2D eigenvalue weighted by Crippen LogP contribution is -2.24. The van der Waals surface area contributed by atoms with E-state index in [1.165, 1.54) is 14.2 Å². The number of benzene rings is 1. The molecule has 0 N–H and O–H groups in total. The molecule has 0 atom stereocenters. The highest BCUT2D eigenvalue weighted by atomic mass is 16.5. The standard InChI is InChI=1S/C18H26O4/c1-17(2,3)11-9-12(15(19)21-7)14(16(20)22-8)13(10-11)18(4,5)6/h9-10H,1-8H3. The van der Waals surface area contributed by atoms with Gasteiger partial charge in [0.1, 0.15) is 0 Å². The molecule has 0 bridgehead atoms. The van der Waals surface area contributed by atoms with Crippen LogP contribution in [-0.2, 0) is 20.3 Å². The minimum Gasteiger partial charge on any atom is -0.465 e. The number of carbonyl (C=O) groups excluding carboxylic acids is 2. The third kappa shape index (κ3) is 3.67. The zero-order chi connectivity index (χ0) is 17.3. The molecule has 0 radical (unpaired) electrons. The van der Waals surface area contributed by atoms with Crippen molar-refractivity contribution in [3.63, 3.8) is 0 Å². The van der Waals surface area contributed by atoms with E-state index < -0.39 is 11.9 Å². The first kappa shape index (κ1) is 18.2. The predicted octanol–water partition coefficient (Wildman–Crippen LogP) is 3.85. The number of methoxy groups -OCH3 is 2. The largest absolute Gasteiger partial charge is 0.465 e. The average molecular weight is 306 g/mol. The summed E-state index contributed by atoms with van der Waals surface area (Å²) in [5.41, 5.74) is 1.84. The number of hydrogen-bond acceptors (Lipinski definition) is 4. The molecule has 0 saturated heterocycles. The Hall–Kier alpha value is -1.84. The number of rotatable bonds is 2. The lowest BCUT2D eigenvalue weighted by atomic mass is 9.76. The Morgan fingerprint density at radius 1 is 0.818 bits per heavy atom. The second kappa shape index (κ2) is 6.11. The first-order chi connectivity index (χ1) is 9.93. The van der Waals surface area contributed by atoms with Gasteiger partial charge in [-0.2, -0.15) is 0 Å². The van der Waals surface area contributed by atoms with Gasteiger partial charge in [0.05, 0.1) is 25.3 Å². The summed E-state index contributed by atoms with van der Waals surface area (Å²) in [6.45, 7) is 12.2. The summed E-state index contributed by atoms with van der Waals surface area (Å²) in [6, 6.07) is 3.71. The van der Waals surface area contributed by atoms with Crippen molar-refractivity contribution < 1.29 is 19.1 Å². The SMILES string of the molecule is COC(=O)c1cc(C(C)(C)C)cc(C(C)(C)C)c1C(=O)OC. The van der Waals surface area contributed by atoms with Crippen LogP contribution in [0.5, 0.6) is 0 Å². The van der Waals surface area contributed by atoms with E-state index in [2.05, 4.69) is 20.8 Å². The molecule has 1 aromatic rings. The van der Waals surface area contributed by atoms with Crippen molar-refractivity contribution in [3.8, 4) is 0 Å². The molecule has 0 spiro atoms. The van der Waals surface area contributed by atoms with Crippen LogP contribution in [0.25, 0.3) is 0 Å². The summed E-state index contributed by atoms with van der Waals surface area (Å²) in [7, 11) is 2.62. The van der Waals surface area contributed by atoms with Crippen molar-refractivity contribution in [2.45, 2.75) is 52.4 Å². The first-order valence-corrected chi connectivity index (χ1v) is 7.29. The fourth-order valence-electron chi connectivity index (χ4n) is 2.26. The maximum atomic E-state index is 12.3. The zero-order valence-corrected chi connectivity index (χ0v) is 14.8. The molecule has 122 valence electrons. The van der Waals surface area contributed by atoms with Crippen molar-refractivity contribution >= 4 is 11.9 Å².